The molecular formula is C10H16N2O2S. The van der Waals surface area contributed by atoms with Crippen molar-refractivity contribution in [3.63, 3.8) is 0 Å². The van der Waals surface area contributed by atoms with Gasteiger partial charge in [0.15, 0.2) is 0 Å². The molecule has 0 spiro atoms. The van der Waals surface area contributed by atoms with Crippen LogP contribution >= 0.6 is 11.3 Å². The number of carboxylic acids is 1. The van der Waals surface area contributed by atoms with Crippen LogP contribution in [0.5, 0.6) is 0 Å². The smallest absolute Gasteiger partial charge is 0.322 e. The highest BCUT2D eigenvalue weighted by Gasteiger charge is 2.29. The first-order valence-corrected chi connectivity index (χ1v) is 5.52. The van der Waals surface area contributed by atoms with E-state index in [0.29, 0.717) is 0 Å². The van der Waals surface area contributed by atoms with E-state index < -0.39 is 12.0 Å². The van der Waals surface area contributed by atoms with Crippen LogP contribution in [0.4, 0.5) is 0 Å². The van der Waals surface area contributed by atoms with Gasteiger partial charge in [0.25, 0.3) is 0 Å². The Morgan fingerprint density at radius 2 is 2.20 bits per heavy atom. The molecule has 1 rings (SSSR count). The second kappa shape index (κ2) is 4.74. The number of likely N-dealkylation sites (N-methyl/N-ethyl adjacent to an activating group) is 1. The SMILES string of the molecule is Cc1ccsc1C(C(N)C(=O)O)N(C)C. The average Bonchev–Trinajstić information content (AvgIpc) is 2.52. The minimum absolute atomic E-state index is 0.262. The number of carbonyl (C=O) groups is 1. The van der Waals surface area contributed by atoms with Gasteiger partial charge in [-0.1, -0.05) is 0 Å². The second-order valence-corrected chi connectivity index (χ2v) is 4.69. The van der Waals surface area contributed by atoms with Crippen molar-refractivity contribution in [2.45, 2.75) is 19.0 Å². The van der Waals surface area contributed by atoms with Crippen LogP contribution in [0.3, 0.4) is 0 Å². The highest BCUT2D eigenvalue weighted by atomic mass is 32.1. The average molecular weight is 228 g/mol. The van der Waals surface area contributed by atoms with Crippen molar-refractivity contribution in [3.05, 3.63) is 21.9 Å². The van der Waals surface area contributed by atoms with Crippen LogP contribution in [0.25, 0.3) is 0 Å². The molecule has 0 aliphatic rings. The van der Waals surface area contributed by atoms with Crippen molar-refractivity contribution >= 4 is 17.3 Å². The predicted octanol–water partition coefficient (Wildman–Crippen LogP) is 1.07. The lowest BCUT2D eigenvalue weighted by Gasteiger charge is -2.27. The molecule has 1 aromatic rings. The normalized spacial score (nSPS) is 15.3. The van der Waals surface area contributed by atoms with E-state index in [1.165, 1.54) is 0 Å². The van der Waals surface area contributed by atoms with E-state index in [4.69, 9.17) is 10.8 Å². The molecule has 0 radical (unpaired) electrons. The largest absolute Gasteiger partial charge is 0.480 e. The van der Waals surface area contributed by atoms with Crippen LogP contribution in [-0.4, -0.2) is 36.1 Å². The molecule has 0 amide bonds. The van der Waals surface area contributed by atoms with E-state index in [-0.39, 0.29) is 6.04 Å². The fraction of sp³-hybridized carbons (Fsp3) is 0.500. The molecule has 15 heavy (non-hydrogen) atoms. The third-order valence-electron chi connectivity index (χ3n) is 2.35. The first-order valence-electron chi connectivity index (χ1n) is 4.64. The van der Waals surface area contributed by atoms with E-state index >= 15 is 0 Å². The van der Waals surface area contributed by atoms with Gasteiger partial charge in [0.1, 0.15) is 6.04 Å². The van der Waals surface area contributed by atoms with Gasteiger partial charge in [0, 0.05) is 4.88 Å². The van der Waals surface area contributed by atoms with Crippen molar-refractivity contribution in [1.82, 2.24) is 4.90 Å². The number of nitrogens with two attached hydrogens (primary N) is 1. The van der Waals surface area contributed by atoms with Crippen molar-refractivity contribution in [2.75, 3.05) is 14.1 Å². The van der Waals surface area contributed by atoms with E-state index in [2.05, 4.69) is 0 Å². The Morgan fingerprint density at radius 1 is 1.60 bits per heavy atom. The highest BCUT2D eigenvalue weighted by molar-refractivity contribution is 7.10. The molecule has 0 fully saturated rings. The molecule has 4 nitrogen and oxygen atoms in total. The van der Waals surface area contributed by atoms with Gasteiger partial charge in [-0.25, -0.2) is 0 Å². The Balaban J connectivity index is 3.04. The van der Waals surface area contributed by atoms with E-state index in [0.717, 1.165) is 10.4 Å². The van der Waals surface area contributed by atoms with Crippen molar-refractivity contribution < 1.29 is 9.90 Å². The zero-order valence-corrected chi connectivity index (χ0v) is 9.91. The molecule has 1 heterocycles. The van der Waals surface area contributed by atoms with Gasteiger partial charge in [-0.3, -0.25) is 9.69 Å². The Bertz CT molecular complexity index is 349. The molecule has 0 aliphatic carbocycles. The molecule has 0 aromatic carbocycles. The van der Waals surface area contributed by atoms with Crippen molar-refractivity contribution in [1.29, 1.82) is 0 Å². The molecule has 0 aliphatic heterocycles. The summed E-state index contributed by atoms with van der Waals surface area (Å²) in [5, 5.41) is 10.9. The Labute approximate surface area is 93.3 Å². The highest BCUT2D eigenvalue weighted by Crippen LogP contribution is 2.29. The fourth-order valence-electron chi connectivity index (χ4n) is 1.54. The fourth-order valence-corrected chi connectivity index (χ4v) is 2.71. The second-order valence-electron chi connectivity index (χ2n) is 3.74. The maximum absolute atomic E-state index is 10.9. The van der Waals surface area contributed by atoms with Crippen LogP contribution in [0, 0.1) is 6.92 Å². The lowest BCUT2D eigenvalue weighted by molar-refractivity contribution is -0.140. The lowest BCUT2D eigenvalue weighted by Crippen LogP contribution is -2.42. The summed E-state index contributed by atoms with van der Waals surface area (Å²) in [5.74, 6) is -0.971. The minimum Gasteiger partial charge on any atom is -0.480 e. The summed E-state index contributed by atoms with van der Waals surface area (Å²) in [5.41, 5.74) is 6.78. The summed E-state index contributed by atoms with van der Waals surface area (Å²) in [6.07, 6.45) is 0. The van der Waals surface area contributed by atoms with E-state index in [1.54, 1.807) is 11.3 Å². The van der Waals surface area contributed by atoms with Crippen LogP contribution < -0.4 is 5.73 Å². The number of rotatable bonds is 4. The van der Waals surface area contributed by atoms with Crippen LogP contribution in [0.15, 0.2) is 11.4 Å². The lowest BCUT2D eigenvalue weighted by atomic mass is 10.0. The summed E-state index contributed by atoms with van der Waals surface area (Å²) in [7, 11) is 3.68. The van der Waals surface area contributed by atoms with Gasteiger partial charge >= 0.3 is 5.97 Å². The number of aliphatic carboxylic acids is 1. The number of thiophene rings is 1. The molecule has 3 N–H and O–H groups in total. The summed E-state index contributed by atoms with van der Waals surface area (Å²) >= 11 is 1.55. The molecule has 2 atom stereocenters. The zero-order valence-electron chi connectivity index (χ0n) is 9.10. The summed E-state index contributed by atoms with van der Waals surface area (Å²) in [4.78, 5) is 13.8. The standard InChI is InChI=1S/C10H16N2O2S/c1-6-4-5-15-9(6)8(12(2)3)7(11)10(13)14/h4-5,7-8H,11H2,1-3H3,(H,13,14). The maximum Gasteiger partial charge on any atom is 0.322 e. The number of nitrogens with zero attached hydrogens (tertiary/aromatic N) is 1. The topological polar surface area (TPSA) is 66.6 Å². The Morgan fingerprint density at radius 3 is 2.53 bits per heavy atom. The van der Waals surface area contributed by atoms with Gasteiger partial charge in [0.2, 0.25) is 0 Å². The summed E-state index contributed by atoms with van der Waals surface area (Å²) < 4.78 is 0. The third kappa shape index (κ3) is 2.56. The first-order chi connectivity index (χ1) is 6.95. The van der Waals surface area contributed by atoms with E-state index in [9.17, 15) is 4.79 Å². The quantitative estimate of drug-likeness (QED) is 0.809. The van der Waals surface area contributed by atoms with Gasteiger partial charge in [-0.15, -0.1) is 11.3 Å². The molecule has 0 saturated heterocycles. The minimum atomic E-state index is -0.971. The van der Waals surface area contributed by atoms with Gasteiger partial charge in [0.05, 0.1) is 6.04 Å². The van der Waals surface area contributed by atoms with Crippen molar-refractivity contribution in [3.8, 4) is 0 Å². The molecule has 5 heteroatoms. The molecule has 0 saturated carbocycles. The Hall–Kier alpha value is -0.910. The summed E-state index contributed by atoms with van der Waals surface area (Å²) in [6.45, 7) is 1.97. The van der Waals surface area contributed by atoms with Gasteiger partial charge in [-0.05, 0) is 38.0 Å². The van der Waals surface area contributed by atoms with Gasteiger partial charge < -0.3 is 10.8 Å². The van der Waals surface area contributed by atoms with Gasteiger partial charge in [-0.2, -0.15) is 0 Å². The summed E-state index contributed by atoms with van der Waals surface area (Å²) in [6, 6.07) is 0.824. The third-order valence-corrected chi connectivity index (χ3v) is 3.44. The first kappa shape index (κ1) is 12.2. The molecule has 0 bridgehead atoms. The van der Waals surface area contributed by atoms with Crippen LogP contribution in [0.2, 0.25) is 0 Å². The molecule has 84 valence electrons. The Kier molecular flexibility index (Phi) is 3.84. The monoisotopic (exact) mass is 228 g/mol. The maximum atomic E-state index is 10.9. The van der Waals surface area contributed by atoms with Crippen molar-refractivity contribution in [2.24, 2.45) is 5.73 Å². The molecule has 2 unspecified atom stereocenters. The number of carboxylic acid groups (broad SMARTS) is 1. The number of hydrogen-bond donors (Lipinski definition) is 2. The number of aryl methyl sites for hydroxylation is 1. The van der Waals surface area contributed by atoms with E-state index in [1.807, 2.05) is 37.4 Å². The number of hydrogen-bond acceptors (Lipinski definition) is 4. The van der Waals surface area contributed by atoms with Crippen LogP contribution in [0.1, 0.15) is 16.5 Å². The zero-order chi connectivity index (χ0) is 11.6. The predicted molar refractivity (Wildman–Crippen MR) is 61.1 cm³/mol. The molecule has 1 aromatic heterocycles. The van der Waals surface area contributed by atoms with Crippen LogP contribution in [-0.2, 0) is 4.79 Å². The molecular weight excluding hydrogens is 212 g/mol.